The molecule has 8 heteroatoms. The van der Waals surface area contributed by atoms with Crippen molar-refractivity contribution in [1.82, 2.24) is 25.5 Å². The molecule has 3 N–H and O–H groups in total. The van der Waals surface area contributed by atoms with E-state index in [1.807, 2.05) is 36.4 Å². The summed E-state index contributed by atoms with van der Waals surface area (Å²) in [5.41, 5.74) is 3.87. The summed E-state index contributed by atoms with van der Waals surface area (Å²) in [6.07, 6.45) is 1.54. The Morgan fingerprint density at radius 2 is 1.90 bits per heavy atom. The molecule has 0 aliphatic heterocycles. The normalized spacial score (nSPS) is 10.9. The first kappa shape index (κ1) is 19.5. The Kier molecular flexibility index (Phi) is 5.65. The van der Waals surface area contributed by atoms with E-state index in [-0.39, 0.29) is 5.91 Å². The summed E-state index contributed by atoms with van der Waals surface area (Å²) in [5, 5.41) is 9.95. The van der Waals surface area contributed by atoms with Crippen LogP contribution in [0.15, 0.2) is 48.5 Å². The van der Waals surface area contributed by atoms with E-state index in [2.05, 4.69) is 25.5 Å². The van der Waals surface area contributed by atoms with E-state index >= 15 is 0 Å². The zero-order valence-corrected chi connectivity index (χ0v) is 16.9. The van der Waals surface area contributed by atoms with Crippen molar-refractivity contribution in [3.63, 3.8) is 0 Å². The van der Waals surface area contributed by atoms with E-state index in [9.17, 15) is 4.79 Å². The molecule has 2 aromatic heterocycles. The van der Waals surface area contributed by atoms with Gasteiger partial charge < -0.3 is 19.8 Å². The van der Waals surface area contributed by atoms with Crippen LogP contribution in [-0.4, -0.2) is 46.8 Å². The average molecular weight is 405 g/mol. The van der Waals surface area contributed by atoms with Gasteiger partial charge >= 0.3 is 0 Å². The van der Waals surface area contributed by atoms with Gasteiger partial charge in [-0.25, -0.2) is 4.98 Å². The Balaban J connectivity index is 1.33. The number of nitrogens with one attached hydrogen (secondary N) is 3. The van der Waals surface area contributed by atoms with Gasteiger partial charge in [0, 0.05) is 18.5 Å². The standard InChI is InChI=1S/C22H23N5O3/c1-29-19-10-9-14(12-20(19)30-2)17-13-18(27-26-17)22(28)23-11-5-8-21-24-15-6-3-4-7-16(15)25-21/h3-4,6-7,9-10,12-13H,5,8,11H2,1-2H3,(H,23,28)(H,24,25)(H,26,27). The number of carbonyl (C=O) groups excluding carboxylic acids is 1. The van der Waals surface area contributed by atoms with E-state index in [1.165, 1.54) is 0 Å². The fourth-order valence-electron chi connectivity index (χ4n) is 3.26. The molecular weight excluding hydrogens is 382 g/mol. The van der Waals surface area contributed by atoms with Crippen LogP contribution in [0, 0.1) is 0 Å². The van der Waals surface area contributed by atoms with Gasteiger partial charge in [-0.15, -0.1) is 0 Å². The highest BCUT2D eigenvalue weighted by Crippen LogP contribution is 2.31. The van der Waals surface area contributed by atoms with Crippen LogP contribution in [-0.2, 0) is 6.42 Å². The van der Waals surface area contributed by atoms with Gasteiger partial charge in [0.2, 0.25) is 0 Å². The van der Waals surface area contributed by atoms with E-state index in [1.54, 1.807) is 26.4 Å². The van der Waals surface area contributed by atoms with Crippen LogP contribution >= 0.6 is 0 Å². The molecule has 8 nitrogen and oxygen atoms in total. The number of nitrogens with zero attached hydrogens (tertiary/aromatic N) is 2. The van der Waals surface area contributed by atoms with Gasteiger partial charge in [0.05, 0.1) is 30.9 Å². The third-order valence-corrected chi connectivity index (χ3v) is 4.82. The number of para-hydroxylation sites is 2. The van der Waals surface area contributed by atoms with Crippen molar-refractivity contribution in [1.29, 1.82) is 0 Å². The number of aromatic nitrogens is 4. The number of imidazole rings is 1. The highest BCUT2D eigenvalue weighted by molar-refractivity contribution is 5.93. The molecule has 0 bridgehead atoms. The predicted octanol–water partition coefficient (Wildman–Crippen LogP) is 3.33. The Morgan fingerprint density at radius 1 is 1.07 bits per heavy atom. The minimum atomic E-state index is -0.196. The Hall–Kier alpha value is -3.81. The van der Waals surface area contributed by atoms with Gasteiger partial charge in [-0.3, -0.25) is 9.89 Å². The third kappa shape index (κ3) is 4.12. The smallest absolute Gasteiger partial charge is 0.269 e. The molecule has 0 spiro atoms. The number of hydrogen-bond donors (Lipinski definition) is 3. The van der Waals surface area contributed by atoms with Gasteiger partial charge in [0.1, 0.15) is 11.5 Å². The molecule has 0 atom stereocenters. The van der Waals surface area contributed by atoms with Crippen LogP contribution in [0.5, 0.6) is 11.5 Å². The maximum absolute atomic E-state index is 12.4. The number of hydrogen-bond acceptors (Lipinski definition) is 5. The number of H-pyrrole nitrogens is 2. The van der Waals surface area contributed by atoms with Crippen LogP contribution in [0.4, 0.5) is 0 Å². The molecule has 0 fully saturated rings. The van der Waals surface area contributed by atoms with E-state index in [4.69, 9.17) is 9.47 Å². The number of fused-ring (bicyclic) bond motifs is 1. The minimum absolute atomic E-state index is 0.196. The lowest BCUT2D eigenvalue weighted by molar-refractivity contribution is 0.0948. The number of aryl methyl sites for hydroxylation is 1. The summed E-state index contributed by atoms with van der Waals surface area (Å²) in [7, 11) is 3.17. The molecule has 30 heavy (non-hydrogen) atoms. The number of ether oxygens (including phenoxy) is 2. The van der Waals surface area contributed by atoms with Gasteiger partial charge in [-0.2, -0.15) is 5.10 Å². The maximum Gasteiger partial charge on any atom is 0.269 e. The molecule has 4 aromatic rings. The summed E-state index contributed by atoms with van der Waals surface area (Å²) in [6.45, 7) is 0.542. The van der Waals surface area contributed by atoms with Gasteiger partial charge in [-0.05, 0) is 42.8 Å². The van der Waals surface area contributed by atoms with Crippen LogP contribution in [0.1, 0.15) is 22.7 Å². The lowest BCUT2D eigenvalue weighted by atomic mass is 10.1. The van der Waals surface area contributed by atoms with Crippen LogP contribution in [0.2, 0.25) is 0 Å². The molecule has 1 amide bonds. The molecule has 2 aromatic carbocycles. The van der Waals surface area contributed by atoms with Crippen LogP contribution < -0.4 is 14.8 Å². The van der Waals surface area contributed by atoms with E-state index in [0.717, 1.165) is 35.3 Å². The number of benzene rings is 2. The monoisotopic (exact) mass is 405 g/mol. The zero-order valence-electron chi connectivity index (χ0n) is 16.9. The fourth-order valence-corrected chi connectivity index (χ4v) is 3.26. The topological polar surface area (TPSA) is 105 Å². The van der Waals surface area contributed by atoms with Gasteiger partial charge in [0.25, 0.3) is 5.91 Å². The molecule has 4 rings (SSSR count). The Labute approximate surface area is 173 Å². The molecule has 2 heterocycles. The predicted molar refractivity (Wildman–Crippen MR) is 114 cm³/mol. The number of aromatic amines is 2. The first-order valence-electron chi connectivity index (χ1n) is 9.67. The second-order valence-electron chi connectivity index (χ2n) is 6.80. The Morgan fingerprint density at radius 3 is 2.70 bits per heavy atom. The molecule has 0 aliphatic carbocycles. The average Bonchev–Trinajstić information content (AvgIpc) is 3.43. The zero-order chi connectivity index (χ0) is 20.9. The molecule has 154 valence electrons. The molecule has 0 radical (unpaired) electrons. The number of methoxy groups -OCH3 is 2. The van der Waals surface area contributed by atoms with E-state index in [0.29, 0.717) is 29.4 Å². The Bertz CT molecular complexity index is 1130. The first-order valence-corrected chi connectivity index (χ1v) is 9.67. The van der Waals surface area contributed by atoms with Gasteiger partial charge in [0.15, 0.2) is 11.5 Å². The minimum Gasteiger partial charge on any atom is -0.493 e. The second kappa shape index (κ2) is 8.69. The summed E-state index contributed by atoms with van der Waals surface area (Å²) in [6, 6.07) is 15.1. The third-order valence-electron chi connectivity index (χ3n) is 4.82. The lowest BCUT2D eigenvalue weighted by Gasteiger charge is -2.08. The summed E-state index contributed by atoms with van der Waals surface area (Å²) in [4.78, 5) is 20.3. The SMILES string of the molecule is COc1ccc(-c2cc(C(=O)NCCCc3nc4ccccc4[nH]3)[nH]n2)cc1OC. The summed E-state index contributed by atoms with van der Waals surface area (Å²) in [5.74, 6) is 1.97. The second-order valence-corrected chi connectivity index (χ2v) is 6.80. The van der Waals surface area contributed by atoms with Crippen LogP contribution in [0.25, 0.3) is 22.3 Å². The molecule has 0 saturated heterocycles. The van der Waals surface area contributed by atoms with E-state index < -0.39 is 0 Å². The highest BCUT2D eigenvalue weighted by Gasteiger charge is 2.13. The number of amides is 1. The van der Waals surface area contributed by atoms with Crippen molar-refractivity contribution < 1.29 is 14.3 Å². The first-order chi connectivity index (χ1) is 14.7. The van der Waals surface area contributed by atoms with Crippen molar-refractivity contribution >= 4 is 16.9 Å². The van der Waals surface area contributed by atoms with Crippen molar-refractivity contribution in [2.45, 2.75) is 12.8 Å². The molecule has 0 saturated carbocycles. The van der Waals surface area contributed by atoms with Crippen molar-refractivity contribution in [2.75, 3.05) is 20.8 Å². The summed E-state index contributed by atoms with van der Waals surface area (Å²) < 4.78 is 10.6. The van der Waals surface area contributed by atoms with Crippen molar-refractivity contribution in [3.8, 4) is 22.8 Å². The van der Waals surface area contributed by atoms with Gasteiger partial charge in [-0.1, -0.05) is 12.1 Å². The lowest BCUT2D eigenvalue weighted by Crippen LogP contribution is -2.25. The molecule has 0 aliphatic rings. The van der Waals surface area contributed by atoms with Crippen LogP contribution in [0.3, 0.4) is 0 Å². The number of carbonyl (C=O) groups is 1. The van der Waals surface area contributed by atoms with Crippen molar-refractivity contribution in [2.24, 2.45) is 0 Å². The largest absolute Gasteiger partial charge is 0.493 e. The molecular formula is C22H23N5O3. The van der Waals surface area contributed by atoms with Crippen molar-refractivity contribution in [3.05, 3.63) is 60.0 Å². The summed E-state index contributed by atoms with van der Waals surface area (Å²) >= 11 is 0. The molecule has 0 unspecified atom stereocenters. The maximum atomic E-state index is 12.4. The number of rotatable bonds is 8. The quantitative estimate of drug-likeness (QED) is 0.390. The fraction of sp³-hybridized carbons (Fsp3) is 0.227. The highest BCUT2D eigenvalue weighted by atomic mass is 16.5.